The molecule has 0 N–H and O–H groups in total. The number of unbranched alkanes of at least 4 members (excludes halogenated alkanes) is 17. The van der Waals surface area contributed by atoms with Gasteiger partial charge < -0.3 is 14.2 Å². The van der Waals surface area contributed by atoms with Crippen molar-refractivity contribution in [2.45, 2.75) is 161 Å². The van der Waals surface area contributed by atoms with Gasteiger partial charge in [-0.05, 0) is 25.7 Å². The molecular weight excluding hydrogens is 466 g/mol. The van der Waals surface area contributed by atoms with Crippen LogP contribution in [-0.2, 0) is 20.8 Å². The fourth-order valence-corrected chi connectivity index (χ4v) is 5.88. The highest BCUT2D eigenvalue weighted by Crippen LogP contribution is 2.19. The van der Waals surface area contributed by atoms with Crippen molar-refractivity contribution in [2.24, 2.45) is 0 Å². The molecule has 2 heterocycles. The predicted octanol–water partition coefficient (Wildman–Crippen LogP) is 8.92. The summed E-state index contributed by atoms with van der Waals surface area (Å²) in [5.41, 5.74) is 3.59. The minimum Gasteiger partial charge on any atom is -0.379 e. The summed E-state index contributed by atoms with van der Waals surface area (Å²) in [5, 5.41) is 2.22. The molecule has 1 aromatic rings. The largest absolute Gasteiger partial charge is 0.379 e. The number of ether oxygens (including phenoxy) is 3. The van der Waals surface area contributed by atoms with Gasteiger partial charge in [0, 0.05) is 20.0 Å². The fraction of sp³-hybridized carbons (Fsp3) is 0.903. The number of nitrogens with zero attached hydrogens (tertiary/aromatic N) is 1. The smallest absolute Gasteiger partial charge is 0.224 e. The van der Waals surface area contributed by atoms with E-state index in [0.717, 1.165) is 26.0 Å². The lowest BCUT2D eigenvalue weighted by Crippen LogP contribution is -2.33. The van der Waals surface area contributed by atoms with Crippen LogP contribution < -0.4 is 4.57 Å². The van der Waals surface area contributed by atoms with Crippen molar-refractivity contribution in [3.05, 3.63) is 16.6 Å². The summed E-state index contributed by atoms with van der Waals surface area (Å²) in [6.45, 7) is 7.84. The second-order valence-electron chi connectivity index (χ2n) is 10.9. The lowest BCUT2D eigenvalue weighted by atomic mass is 10.0. The van der Waals surface area contributed by atoms with Crippen molar-refractivity contribution in [1.29, 1.82) is 0 Å². The number of rotatable bonds is 25. The number of hydrogen-bond acceptors (Lipinski definition) is 4. The molecule has 210 valence electrons. The summed E-state index contributed by atoms with van der Waals surface area (Å²) in [7, 11) is 0. The van der Waals surface area contributed by atoms with Crippen LogP contribution in [0.5, 0.6) is 0 Å². The molecule has 0 bridgehead atoms. The Bertz CT molecular complexity index is 608. The molecule has 2 rings (SSSR count). The lowest BCUT2D eigenvalue weighted by Gasteiger charge is -2.12. The first kappa shape index (κ1) is 31.7. The third-order valence-electron chi connectivity index (χ3n) is 7.48. The van der Waals surface area contributed by atoms with Crippen LogP contribution >= 0.6 is 11.3 Å². The Hall–Kier alpha value is -0.490. The summed E-state index contributed by atoms with van der Waals surface area (Å²) in [5.74, 6) is 0. The predicted molar refractivity (Wildman–Crippen MR) is 153 cm³/mol. The van der Waals surface area contributed by atoms with E-state index in [1.807, 2.05) is 0 Å². The third-order valence-corrected chi connectivity index (χ3v) is 8.33. The van der Waals surface area contributed by atoms with Crippen molar-refractivity contribution in [1.82, 2.24) is 0 Å². The summed E-state index contributed by atoms with van der Waals surface area (Å²) >= 11 is 1.79. The minimum atomic E-state index is -0.00126. The molecule has 0 unspecified atom stereocenters. The highest BCUT2D eigenvalue weighted by atomic mass is 32.1. The van der Waals surface area contributed by atoms with Gasteiger partial charge in [0.05, 0.1) is 18.6 Å². The number of aromatic nitrogens is 1. The van der Waals surface area contributed by atoms with Crippen molar-refractivity contribution < 1.29 is 18.8 Å². The molecule has 36 heavy (non-hydrogen) atoms. The van der Waals surface area contributed by atoms with Crippen LogP contribution in [0.1, 0.15) is 141 Å². The normalized spacial score (nSPS) is 17.8. The van der Waals surface area contributed by atoms with Crippen molar-refractivity contribution in [3.63, 3.8) is 0 Å². The van der Waals surface area contributed by atoms with E-state index in [1.54, 1.807) is 11.3 Å². The van der Waals surface area contributed by atoms with Gasteiger partial charge >= 0.3 is 0 Å². The Kier molecular flexibility index (Phi) is 19.8. The first-order valence-electron chi connectivity index (χ1n) is 15.6. The zero-order chi connectivity index (χ0) is 25.5. The van der Waals surface area contributed by atoms with E-state index in [-0.39, 0.29) is 12.4 Å². The van der Waals surface area contributed by atoms with Crippen LogP contribution in [-0.4, -0.2) is 32.2 Å². The highest BCUT2D eigenvalue weighted by molar-refractivity contribution is 7.07. The van der Waals surface area contributed by atoms with Gasteiger partial charge in [0.25, 0.3) is 0 Å². The first-order chi connectivity index (χ1) is 17.8. The van der Waals surface area contributed by atoms with Crippen molar-refractivity contribution in [3.8, 4) is 0 Å². The standard InChI is InChI=1S/C31H58NO3S/c1-3-4-5-6-7-8-9-10-11-12-13-14-15-16-19-22-31-34-26-30(35-31)25-33-24-21-18-17-20-23-32-28-36-27-29(32)2/h27-28,30-31H,3-26H2,1-2H3/q+1/t30-,31-/m0/s1. The maximum atomic E-state index is 6.03. The van der Waals surface area contributed by atoms with Gasteiger partial charge in [0.1, 0.15) is 12.6 Å². The van der Waals surface area contributed by atoms with E-state index in [2.05, 4.69) is 29.3 Å². The van der Waals surface area contributed by atoms with Crippen LogP contribution in [0.2, 0.25) is 0 Å². The van der Waals surface area contributed by atoms with Gasteiger partial charge in [-0.25, -0.2) is 0 Å². The molecule has 0 radical (unpaired) electrons. The SMILES string of the molecule is CCCCCCCCCCCCCCCCC[C@H]1OC[C@H](COCCCCCC[n+]2cscc2C)O1. The molecule has 2 atom stereocenters. The Balaban J connectivity index is 1.27. The second kappa shape index (κ2) is 22.5. The molecule has 1 fully saturated rings. The van der Waals surface area contributed by atoms with Crippen molar-refractivity contribution >= 4 is 11.3 Å². The van der Waals surface area contributed by atoms with Crippen LogP contribution in [0.15, 0.2) is 10.9 Å². The molecule has 1 aliphatic heterocycles. The van der Waals surface area contributed by atoms with Crippen LogP contribution in [0.3, 0.4) is 0 Å². The van der Waals surface area contributed by atoms with Gasteiger partial charge in [-0.2, -0.15) is 4.57 Å². The first-order valence-corrected chi connectivity index (χ1v) is 16.5. The lowest BCUT2D eigenvalue weighted by molar-refractivity contribution is -0.698. The van der Waals surface area contributed by atoms with Gasteiger partial charge in [-0.3, -0.25) is 0 Å². The summed E-state index contributed by atoms with van der Waals surface area (Å²) in [6, 6.07) is 0. The number of hydrogen-bond donors (Lipinski definition) is 0. The molecule has 4 nitrogen and oxygen atoms in total. The molecule has 0 saturated carbocycles. The van der Waals surface area contributed by atoms with E-state index in [9.17, 15) is 0 Å². The molecule has 1 aromatic heterocycles. The van der Waals surface area contributed by atoms with E-state index in [1.165, 1.54) is 121 Å². The van der Waals surface area contributed by atoms with Crippen molar-refractivity contribution in [2.75, 3.05) is 19.8 Å². The Morgan fingerprint density at radius 2 is 1.39 bits per heavy atom. The zero-order valence-corrected chi connectivity index (χ0v) is 24.7. The maximum absolute atomic E-state index is 6.03. The van der Waals surface area contributed by atoms with E-state index >= 15 is 0 Å². The minimum absolute atomic E-state index is 0.00126. The monoisotopic (exact) mass is 524 g/mol. The molecule has 1 aliphatic rings. The van der Waals surface area contributed by atoms with Gasteiger partial charge in [-0.15, -0.1) is 0 Å². The molecule has 5 heteroatoms. The summed E-state index contributed by atoms with van der Waals surface area (Å²) in [6.07, 6.45) is 27.2. The average molecular weight is 525 g/mol. The third kappa shape index (κ3) is 16.4. The maximum Gasteiger partial charge on any atom is 0.224 e. The van der Waals surface area contributed by atoms with Crippen LogP contribution in [0, 0.1) is 6.92 Å². The van der Waals surface area contributed by atoms with E-state index in [4.69, 9.17) is 14.2 Å². The molecular formula is C31H58NO3S+. The van der Waals surface area contributed by atoms with Gasteiger partial charge in [-0.1, -0.05) is 115 Å². The number of aryl methyl sites for hydroxylation is 2. The molecule has 0 aromatic carbocycles. The van der Waals surface area contributed by atoms with E-state index < -0.39 is 0 Å². The van der Waals surface area contributed by atoms with Gasteiger partial charge in [0.2, 0.25) is 5.51 Å². The zero-order valence-electron chi connectivity index (χ0n) is 23.9. The quantitative estimate of drug-likeness (QED) is 0.0945. The highest BCUT2D eigenvalue weighted by Gasteiger charge is 2.25. The van der Waals surface area contributed by atoms with Gasteiger partial charge in [0.15, 0.2) is 12.0 Å². The fourth-order valence-electron chi connectivity index (χ4n) is 5.07. The molecule has 1 saturated heterocycles. The molecule has 0 spiro atoms. The second-order valence-corrected chi connectivity index (χ2v) is 11.7. The average Bonchev–Trinajstić information content (AvgIpc) is 3.51. The van der Waals surface area contributed by atoms with Crippen LogP contribution in [0.4, 0.5) is 0 Å². The topological polar surface area (TPSA) is 31.6 Å². The summed E-state index contributed by atoms with van der Waals surface area (Å²) in [4.78, 5) is 0. The van der Waals surface area contributed by atoms with Crippen LogP contribution in [0.25, 0.3) is 0 Å². The summed E-state index contributed by atoms with van der Waals surface area (Å²) < 4.78 is 20.1. The molecule has 0 aliphatic carbocycles. The molecule has 0 amide bonds. The Morgan fingerprint density at radius 1 is 0.806 bits per heavy atom. The Morgan fingerprint density at radius 3 is 2.00 bits per heavy atom. The van der Waals surface area contributed by atoms with E-state index in [0.29, 0.717) is 13.2 Å². The Labute approximate surface area is 227 Å². The number of thiazole rings is 1.